The lowest BCUT2D eigenvalue weighted by atomic mass is 10.1. The van der Waals surface area contributed by atoms with Crippen LogP contribution in [-0.2, 0) is 16.0 Å². The van der Waals surface area contributed by atoms with Crippen molar-refractivity contribution in [2.24, 2.45) is 0 Å². The summed E-state index contributed by atoms with van der Waals surface area (Å²) in [6, 6.07) is 1.53. The van der Waals surface area contributed by atoms with E-state index in [9.17, 15) is 9.59 Å². The van der Waals surface area contributed by atoms with E-state index < -0.39 is 5.97 Å². The Morgan fingerprint density at radius 1 is 1.69 bits per heavy atom. The quantitative estimate of drug-likeness (QED) is 0.747. The Bertz CT molecular complexity index is 363. The van der Waals surface area contributed by atoms with Crippen molar-refractivity contribution in [3.05, 3.63) is 22.6 Å². The minimum absolute atomic E-state index is 0.0177. The van der Waals surface area contributed by atoms with Gasteiger partial charge in [0.25, 0.3) is 0 Å². The van der Waals surface area contributed by atoms with Crippen LogP contribution in [0.4, 0.5) is 0 Å². The van der Waals surface area contributed by atoms with Gasteiger partial charge >= 0.3 is 5.97 Å². The SMILES string of the molecule is O=CNC(CCC(=O)O)Cc1occc1Br. The van der Waals surface area contributed by atoms with Crippen molar-refractivity contribution in [3.63, 3.8) is 0 Å². The lowest BCUT2D eigenvalue weighted by Gasteiger charge is -2.13. The Balaban J connectivity index is 2.53. The second kappa shape index (κ2) is 6.32. The van der Waals surface area contributed by atoms with E-state index in [1.165, 1.54) is 6.26 Å². The lowest BCUT2D eigenvalue weighted by Crippen LogP contribution is -2.30. The third kappa shape index (κ3) is 4.06. The summed E-state index contributed by atoms with van der Waals surface area (Å²) in [4.78, 5) is 20.8. The summed E-state index contributed by atoms with van der Waals surface area (Å²) in [5.41, 5.74) is 0. The maximum Gasteiger partial charge on any atom is 0.303 e. The second-order valence-corrected chi connectivity index (χ2v) is 4.16. The van der Waals surface area contributed by atoms with E-state index in [0.29, 0.717) is 25.0 Å². The molecule has 2 N–H and O–H groups in total. The van der Waals surface area contributed by atoms with E-state index in [0.717, 1.165) is 4.47 Å². The number of furan rings is 1. The summed E-state index contributed by atoms with van der Waals surface area (Å²) < 4.78 is 6.02. The zero-order valence-electron chi connectivity index (χ0n) is 8.48. The van der Waals surface area contributed by atoms with Crippen molar-refractivity contribution >= 4 is 28.3 Å². The van der Waals surface area contributed by atoms with E-state index >= 15 is 0 Å². The average molecular weight is 290 g/mol. The highest BCUT2D eigenvalue weighted by atomic mass is 79.9. The Labute approximate surface area is 101 Å². The van der Waals surface area contributed by atoms with Crippen molar-refractivity contribution in [2.75, 3.05) is 0 Å². The van der Waals surface area contributed by atoms with Gasteiger partial charge in [0.05, 0.1) is 10.7 Å². The molecule has 5 nitrogen and oxygen atoms in total. The molecule has 1 aromatic heterocycles. The van der Waals surface area contributed by atoms with Crippen LogP contribution in [0.1, 0.15) is 18.6 Å². The van der Waals surface area contributed by atoms with Crippen LogP contribution >= 0.6 is 15.9 Å². The van der Waals surface area contributed by atoms with Gasteiger partial charge in [0.1, 0.15) is 5.76 Å². The number of rotatable bonds is 7. The largest absolute Gasteiger partial charge is 0.481 e. The first-order valence-electron chi connectivity index (χ1n) is 4.77. The molecule has 0 aromatic carbocycles. The number of nitrogens with one attached hydrogen (secondary N) is 1. The molecule has 0 radical (unpaired) electrons. The predicted octanol–water partition coefficient (Wildman–Crippen LogP) is 1.56. The van der Waals surface area contributed by atoms with E-state index in [2.05, 4.69) is 21.2 Å². The van der Waals surface area contributed by atoms with Crippen molar-refractivity contribution < 1.29 is 19.1 Å². The van der Waals surface area contributed by atoms with Gasteiger partial charge < -0.3 is 14.8 Å². The first-order valence-corrected chi connectivity index (χ1v) is 5.56. The molecule has 0 saturated carbocycles. The first-order chi connectivity index (χ1) is 7.63. The van der Waals surface area contributed by atoms with E-state index in [1.807, 2.05) is 0 Å². The minimum Gasteiger partial charge on any atom is -0.481 e. The van der Waals surface area contributed by atoms with Crippen LogP contribution in [0.5, 0.6) is 0 Å². The van der Waals surface area contributed by atoms with Gasteiger partial charge in [-0.25, -0.2) is 0 Å². The number of hydrogen-bond donors (Lipinski definition) is 2. The van der Waals surface area contributed by atoms with Crippen LogP contribution in [0.3, 0.4) is 0 Å². The second-order valence-electron chi connectivity index (χ2n) is 3.31. The number of aliphatic carboxylic acids is 1. The average Bonchev–Trinajstić information content (AvgIpc) is 2.61. The molecular formula is C10H12BrNO4. The number of amides is 1. The van der Waals surface area contributed by atoms with Gasteiger partial charge in [-0.15, -0.1) is 0 Å². The molecule has 0 aliphatic carbocycles. The normalized spacial score (nSPS) is 12.1. The Morgan fingerprint density at radius 3 is 2.94 bits per heavy atom. The maximum absolute atomic E-state index is 10.4. The molecule has 1 atom stereocenters. The first kappa shape index (κ1) is 12.8. The summed E-state index contributed by atoms with van der Waals surface area (Å²) in [6.45, 7) is 0. The fourth-order valence-electron chi connectivity index (χ4n) is 1.33. The minimum atomic E-state index is -0.879. The van der Waals surface area contributed by atoms with Gasteiger partial charge in [-0.1, -0.05) is 0 Å². The standard InChI is InChI=1S/C10H12BrNO4/c11-8-3-4-16-9(8)5-7(12-6-13)1-2-10(14)15/h3-4,6-7H,1-2,5H2,(H,12,13)(H,14,15). The molecule has 0 spiro atoms. The summed E-state index contributed by atoms with van der Waals surface area (Å²) in [6.07, 6.45) is 2.97. The molecular weight excluding hydrogens is 278 g/mol. The molecule has 1 aromatic rings. The number of carbonyl (C=O) groups is 2. The summed E-state index contributed by atoms with van der Waals surface area (Å²) in [7, 11) is 0. The molecule has 1 unspecified atom stereocenters. The molecule has 16 heavy (non-hydrogen) atoms. The van der Waals surface area contributed by atoms with Crippen molar-refractivity contribution in [2.45, 2.75) is 25.3 Å². The van der Waals surface area contributed by atoms with Gasteiger partial charge in [-0.05, 0) is 28.4 Å². The molecule has 0 fully saturated rings. The van der Waals surface area contributed by atoms with Gasteiger partial charge in [0, 0.05) is 18.9 Å². The molecule has 0 bridgehead atoms. The van der Waals surface area contributed by atoms with Crippen LogP contribution in [0.2, 0.25) is 0 Å². The van der Waals surface area contributed by atoms with Crippen molar-refractivity contribution in [3.8, 4) is 0 Å². The molecule has 0 aliphatic rings. The smallest absolute Gasteiger partial charge is 0.303 e. The molecule has 1 amide bonds. The fourth-order valence-corrected chi connectivity index (χ4v) is 1.70. The zero-order valence-corrected chi connectivity index (χ0v) is 10.1. The highest BCUT2D eigenvalue weighted by Crippen LogP contribution is 2.20. The summed E-state index contributed by atoms with van der Waals surface area (Å²) >= 11 is 3.30. The van der Waals surface area contributed by atoms with Gasteiger partial charge in [-0.2, -0.15) is 0 Å². The number of halogens is 1. The maximum atomic E-state index is 10.4. The molecule has 1 rings (SSSR count). The number of carboxylic acids is 1. The summed E-state index contributed by atoms with van der Waals surface area (Å²) in [5.74, 6) is -0.180. The number of hydrogen-bond acceptors (Lipinski definition) is 3. The predicted molar refractivity (Wildman–Crippen MR) is 60.0 cm³/mol. The molecule has 88 valence electrons. The van der Waals surface area contributed by atoms with Gasteiger partial charge in [0.15, 0.2) is 0 Å². The Kier molecular flexibility index (Phi) is 5.04. The number of carbonyl (C=O) groups excluding carboxylic acids is 1. The Hall–Kier alpha value is -1.30. The third-order valence-corrected chi connectivity index (χ3v) is 2.84. The van der Waals surface area contributed by atoms with E-state index in [4.69, 9.17) is 9.52 Å². The van der Waals surface area contributed by atoms with Crippen molar-refractivity contribution in [1.82, 2.24) is 5.32 Å². The highest BCUT2D eigenvalue weighted by Gasteiger charge is 2.14. The highest BCUT2D eigenvalue weighted by molar-refractivity contribution is 9.10. The van der Waals surface area contributed by atoms with Crippen LogP contribution in [0.25, 0.3) is 0 Å². The van der Waals surface area contributed by atoms with Crippen molar-refractivity contribution in [1.29, 1.82) is 0 Å². The number of carboxylic acid groups (broad SMARTS) is 1. The van der Waals surface area contributed by atoms with Crippen LogP contribution in [0.15, 0.2) is 21.2 Å². The van der Waals surface area contributed by atoms with E-state index in [-0.39, 0.29) is 12.5 Å². The van der Waals surface area contributed by atoms with Crippen LogP contribution in [-0.4, -0.2) is 23.5 Å². The molecule has 1 heterocycles. The summed E-state index contributed by atoms with van der Waals surface area (Å²) in [5, 5.41) is 11.1. The third-order valence-electron chi connectivity index (χ3n) is 2.13. The lowest BCUT2D eigenvalue weighted by molar-refractivity contribution is -0.137. The Morgan fingerprint density at radius 2 is 2.44 bits per heavy atom. The van der Waals surface area contributed by atoms with Crippen LogP contribution < -0.4 is 5.32 Å². The molecule has 0 aliphatic heterocycles. The van der Waals surface area contributed by atoms with E-state index in [1.54, 1.807) is 6.07 Å². The zero-order chi connectivity index (χ0) is 12.0. The topological polar surface area (TPSA) is 79.5 Å². The molecule has 0 saturated heterocycles. The van der Waals surface area contributed by atoms with Crippen LogP contribution in [0, 0.1) is 0 Å². The van der Waals surface area contributed by atoms with Gasteiger partial charge in [-0.3, -0.25) is 9.59 Å². The monoisotopic (exact) mass is 289 g/mol. The van der Waals surface area contributed by atoms with Gasteiger partial charge in [0.2, 0.25) is 6.41 Å². The molecule has 6 heteroatoms. The fraction of sp³-hybridized carbons (Fsp3) is 0.400.